The topological polar surface area (TPSA) is 89.2 Å². The van der Waals surface area contributed by atoms with Crippen molar-refractivity contribution in [1.29, 1.82) is 0 Å². The van der Waals surface area contributed by atoms with Gasteiger partial charge >= 0.3 is 0 Å². The number of nitrogens with one attached hydrogen (secondary N) is 2. The number of anilines is 2. The van der Waals surface area contributed by atoms with Gasteiger partial charge in [0.25, 0.3) is 5.56 Å². The average Bonchev–Trinajstić information content (AvgIpc) is 3.51. The predicted octanol–water partition coefficient (Wildman–Crippen LogP) is 3.40. The zero-order chi connectivity index (χ0) is 25.9. The first-order chi connectivity index (χ1) is 17.9. The molecule has 0 atom stereocenters. The van der Waals surface area contributed by atoms with Crippen molar-refractivity contribution < 1.29 is 4.84 Å². The molecule has 0 aliphatic carbocycles. The maximum Gasteiger partial charge on any atom is 0.292 e. The zero-order valence-electron chi connectivity index (χ0n) is 22.0. The van der Waals surface area contributed by atoms with Crippen LogP contribution in [0.2, 0.25) is 0 Å². The standard InChI is InChI=1S/C28H35N7O2/c1-19-8-7-9-20(2)25(19)24-14-21-16-30-28(32-26(21)35(37-4)27(24)36)31-22-15-23(33(3)18-22)17-29-10-13-34-11-5-6-12-34/h7-9,14-16,18,29H,5-6,10-13,17H2,1-4H3,(H,30,31,32). The Hall–Kier alpha value is -3.69. The van der Waals surface area contributed by atoms with Crippen molar-refractivity contribution in [2.75, 3.05) is 38.6 Å². The first-order valence-corrected chi connectivity index (χ1v) is 12.8. The third-order valence-corrected chi connectivity index (χ3v) is 7.11. The molecule has 0 unspecified atom stereocenters. The van der Waals surface area contributed by atoms with Gasteiger partial charge in [0.15, 0.2) is 5.65 Å². The highest BCUT2D eigenvalue weighted by Gasteiger charge is 2.17. The van der Waals surface area contributed by atoms with Crippen LogP contribution in [0, 0.1) is 13.8 Å². The maximum atomic E-state index is 13.4. The molecule has 9 heteroatoms. The number of nitrogens with zero attached hydrogens (tertiary/aromatic N) is 5. The molecule has 0 bridgehead atoms. The summed E-state index contributed by atoms with van der Waals surface area (Å²) in [6.07, 6.45) is 6.37. The van der Waals surface area contributed by atoms with Crippen molar-refractivity contribution in [3.05, 3.63) is 69.9 Å². The molecule has 1 fully saturated rings. The van der Waals surface area contributed by atoms with E-state index in [1.54, 1.807) is 6.20 Å². The van der Waals surface area contributed by atoms with E-state index < -0.39 is 0 Å². The van der Waals surface area contributed by atoms with Gasteiger partial charge in [0.1, 0.15) is 7.11 Å². The largest absolute Gasteiger partial charge is 0.412 e. The van der Waals surface area contributed by atoms with E-state index in [2.05, 4.69) is 36.1 Å². The van der Waals surface area contributed by atoms with Crippen LogP contribution < -0.4 is 21.0 Å². The first kappa shape index (κ1) is 25.0. The summed E-state index contributed by atoms with van der Waals surface area (Å²) in [6.45, 7) is 9.29. The maximum absolute atomic E-state index is 13.4. The van der Waals surface area contributed by atoms with Crippen molar-refractivity contribution in [3.8, 4) is 11.1 Å². The van der Waals surface area contributed by atoms with Crippen molar-refractivity contribution in [1.82, 2.24) is 29.5 Å². The van der Waals surface area contributed by atoms with E-state index in [-0.39, 0.29) is 5.56 Å². The summed E-state index contributed by atoms with van der Waals surface area (Å²) in [5.74, 6) is 0.400. The molecule has 0 saturated carbocycles. The van der Waals surface area contributed by atoms with E-state index in [1.807, 2.05) is 51.4 Å². The molecule has 5 rings (SSSR count). The van der Waals surface area contributed by atoms with Gasteiger partial charge < -0.3 is 24.9 Å². The van der Waals surface area contributed by atoms with E-state index in [1.165, 1.54) is 37.8 Å². The molecular weight excluding hydrogens is 466 g/mol. The van der Waals surface area contributed by atoms with Crippen LogP contribution in [0.5, 0.6) is 0 Å². The van der Waals surface area contributed by atoms with Gasteiger partial charge in [0.2, 0.25) is 5.95 Å². The molecule has 4 heterocycles. The molecular formula is C28H35N7O2. The number of pyridine rings is 1. The number of fused-ring (bicyclic) bond motifs is 1. The Morgan fingerprint density at radius 3 is 2.59 bits per heavy atom. The summed E-state index contributed by atoms with van der Waals surface area (Å²) in [6, 6.07) is 9.93. The highest BCUT2D eigenvalue weighted by Crippen LogP contribution is 2.27. The van der Waals surface area contributed by atoms with Crippen LogP contribution in [0.25, 0.3) is 22.2 Å². The van der Waals surface area contributed by atoms with Crippen LogP contribution in [-0.2, 0) is 13.6 Å². The van der Waals surface area contributed by atoms with Crippen LogP contribution in [-0.4, -0.2) is 57.5 Å². The summed E-state index contributed by atoms with van der Waals surface area (Å²) in [4.78, 5) is 30.5. The Labute approximate surface area is 217 Å². The highest BCUT2D eigenvalue weighted by atomic mass is 16.6. The van der Waals surface area contributed by atoms with E-state index >= 15 is 0 Å². The summed E-state index contributed by atoms with van der Waals surface area (Å²) < 4.78 is 3.33. The molecule has 1 saturated heterocycles. The summed E-state index contributed by atoms with van der Waals surface area (Å²) in [5, 5.41) is 7.54. The molecule has 9 nitrogen and oxygen atoms in total. The second-order valence-electron chi connectivity index (χ2n) is 9.76. The van der Waals surface area contributed by atoms with Gasteiger partial charge in [-0.25, -0.2) is 4.98 Å². The summed E-state index contributed by atoms with van der Waals surface area (Å²) in [7, 11) is 3.51. The molecule has 1 aromatic carbocycles. The minimum atomic E-state index is -0.251. The second-order valence-corrected chi connectivity index (χ2v) is 9.76. The molecule has 0 amide bonds. The zero-order valence-corrected chi connectivity index (χ0v) is 22.0. The first-order valence-electron chi connectivity index (χ1n) is 12.8. The fraction of sp³-hybridized carbons (Fsp3) is 0.393. The fourth-order valence-corrected chi connectivity index (χ4v) is 5.16. The Bertz CT molecular complexity index is 1450. The lowest BCUT2D eigenvalue weighted by molar-refractivity contribution is 0.168. The predicted molar refractivity (Wildman–Crippen MR) is 147 cm³/mol. The van der Waals surface area contributed by atoms with E-state index in [9.17, 15) is 4.79 Å². The minimum Gasteiger partial charge on any atom is -0.412 e. The van der Waals surface area contributed by atoms with E-state index in [4.69, 9.17) is 4.84 Å². The van der Waals surface area contributed by atoms with Gasteiger partial charge in [0, 0.05) is 50.2 Å². The summed E-state index contributed by atoms with van der Waals surface area (Å²) in [5.41, 5.74) is 5.76. The smallest absolute Gasteiger partial charge is 0.292 e. The van der Waals surface area contributed by atoms with Gasteiger partial charge in [-0.1, -0.05) is 18.2 Å². The average molecular weight is 502 g/mol. The van der Waals surface area contributed by atoms with Crippen LogP contribution in [0.15, 0.2) is 47.5 Å². The third-order valence-electron chi connectivity index (χ3n) is 7.11. The van der Waals surface area contributed by atoms with E-state index in [0.717, 1.165) is 53.1 Å². The van der Waals surface area contributed by atoms with Crippen LogP contribution in [0.4, 0.5) is 11.6 Å². The van der Waals surface area contributed by atoms with Gasteiger partial charge in [0.05, 0.1) is 11.3 Å². The number of aryl methyl sites for hydroxylation is 3. The van der Waals surface area contributed by atoms with E-state index in [0.29, 0.717) is 17.2 Å². The van der Waals surface area contributed by atoms with Gasteiger partial charge in [-0.2, -0.15) is 4.98 Å². The number of hydrogen-bond donors (Lipinski definition) is 2. The molecule has 4 aromatic rings. The van der Waals surface area contributed by atoms with Crippen molar-refractivity contribution in [3.63, 3.8) is 0 Å². The number of rotatable bonds is 9. The van der Waals surface area contributed by atoms with Crippen molar-refractivity contribution >= 4 is 22.7 Å². The Morgan fingerprint density at radius 1 is 1.11 bits per heavy atom. The van der Waals surface area contributed by atoms with Crippen LogP contribution in [0.1, 0.15) is 29.7 Å². The minimum absolute atomic E-state index is 0.251. The molecule has 1 aliphatic rings. The SMILES string of the molecule is COn1c(=O)c(-c2c(C)cccc2C)cc2cnc(Nc3cc(CNCCN4CCCC4)n(C)c3)nc21. The number of benzene rings is 1. The molecule has 0 spiro atoms. The fourth-order valence-electron chi connectivity index (χ4n) is 5.16. The molecule has 3 aromatic heterocycles. The van der Waals surface area contributed by atoms with Gasteiger partial charge in [-0.3, -0.25) is 4.79 Å². The molecule has 0 radical (unpaired) electrons. The molecule has 37 heavy (non-hydrogen) atoms. The number of aromatic nitrogens is 4. The number of hydrogen-bond acceptors (Lipinski definition) is 7. The molecule has 2 N–H and O–H groups in total. The Morgan fingerprint density at radius 2 is 1.86 bits per heavy atom. The lowest BCUT2D eigenvalue weighted by atomic mass is 9.96. The Kier molecular flexibility index (Phi) is 7.25. The van der Waals surface area contributed by atoms with Crippen LogP contribution in [0.3, 0.4) is 0 Å². The second kappa shape index (κ2) is 10.7. The third kappa shape index (κ3) is 5.23. The summed E-state index contributed by atoms with van der Waals surface area (Å²) >= 11 is 0. The highest BCUT2D eigenvalue weighted by molar-refractivity contribution is 5.83. The van der Waals surface area contributed by atoms with Crippen LogP contribution >= 0.6 is 0 Å². The van der Waals surface area contributed by atoms with Crippen molar-refractivity contribution in [2.45, 2.75) is 33.2 Å². The van der Waals surface area contributed by atoms with Gasteiger partial charge in [-0.15, -0.1) is 4.73 Å². The van der Waals surface area contributed by atoms with Gasteiger partial charge in [-0.05, 0) is 68.6 Å². The number of likely N-dealkylation sites (tertiary alicyclic amines) is 1. The molecule has 1 aliphatic heterocycles. The Balaban J connectivity index is 1.36. The lowest BCUT2D eigenvalue weighted by Crippen LogP contribution is -2.30. The molecule has 194 valence electrons. The normalized spacial score (nSPS) is 13.9. The monoisotopic (exact) mass is 501 g/mol. The quantitative estimate of drug-likeness (QED) is 0.340. The lowest BCUT2D eigenvalue weighted by Gasteiger charge is -2.14. The van der Waals surface area contributed by atoms with Crippen molar-refractivity contribution in [2.24, 2.45) is 7.05 Å².